The number of rotatable bonds is 10. The quantitative estimate of drug-likeness (QED) is 0.0713. The first-order chi connectivity index (χ1) is 36.0. The summed E-state index contributed by atoms with van der Waals surface area (Å²) in [5.74, 6) is -2.36. The minimum absolute atomic E-state index is 0.247. The molecule has 22 aliphatic heterocycles. The topological polar surface area (TPSA) is 487 Å². The summed E-state index contributed by atoms with van der Waals surface area (Å²) < 4.78 is 80.7. The highest BCUT2D eigenvalue weighted by Gasteiger charge is 2.60. The predicted octanol–water partition coefficient (Wildman–Crippen LogP) is -10.8. The van der Waals surface area contributed by atoms with Crippen LogP contribution < -0.4 is 0 Å². The molecule has 0 aromatic heterocycles. The van der Waals surface area contributed by atoms with E-state index in [1.54, 1.807) is 0 Å². The molecule has 16 N–H and O–H groups in total. The van der Waals surface area contributed by atoms with Crippen molar-refractivity contribution in [2.45, 2.75) is 198 Å². The van der Waals surface area contributed by atoms with E-state index in [4.69, 9.17) is 66.3 Å². The second kappa shape index (κ2) is 25.8. The number of esters is 2. The number of hydrogen-bond donors (Lipinski definition) is 16. The Bertz CT molecular complexity index is 1910. The van der Waals surface area contributed by atoms with Crippen LogP contribution >= 0.6 is 0 Å². The van der Waals surface area contributed by atoms with Gasteiger partial charge in [-0.3, -0.25) is 0 Å². The van der Waals surface area contributed by atoms with Gasteiger partial charge in [0.2, 0.25) is 0 Å². The van der Waals surface area contributed by atoms with E-state index in [-0.39, 0.29) is 11.1 Å². The summed E-state index contributed by atoms with van der Waals surface area (Å²) in [4.78, 5) is 26.3. The van der Waals surface area contributed by atoms with E-state index in [1.807, 2.05) is 0 Å². The Morgan fingerprint density at radius 1 is 0.316 bits per heavy atom. The summed E-state index contributed by atoms with van der Waals surface area (Å²) >= 11 is 0. The number of carbonyl (C=O) groups is 2. The van der Waals surface area contributed by atoms with Crippen molar-refractivity contribution in [1.29, 1.82) is 0 Å². The van der Waals surface area contributed by atoms with Crippen molar-refractivity contribution >= 4 is 11.9 Å². The molecule has 0 radical (unpaired) electrons. The molecular weight excluding hydrogens is 1040 g/mol. The average molecular weight is 1110 g/mol. The maximum Gasteiger partial charge on any atom is 0.333 e. The zero-order valence-electron chi connectivity index (χ0n) is 40.7. The largest absolute Gasteiger partial charge is 0.453 e. The van der Waals surface area contributed by atoms with Crippen LogP contribution in [0.4, 0.5) is 0 Å². The van der Waals surface area contributed by atoms with Crippen LogP contribution in [0, 0.1) is 0 Å². The van der Waals surface area contributed by atoms with E-state index in [2.05, 4.69) is 13.2 Å². The third-order valence-electron chi connectivity index (χ3n) is 13.8. The third-order valence-corrected chi connectivity index (χ3v) is 13.8. The first-order valence-corrected chi connectivity index (χ1v) is 24.1. The Balaban J connectivity index is 1.27. The van der Waals surface area contributed by atoms with Gasteiger partial charge in [0, 0.05) is 11.1 Å². The van der Waals surface area contributed by atoms with Crippen LogP contribution in [0.5, 0.6) is 0 Å². The van der Waals surface area contributed by atoms with Crippen molar-refractivity contribution in [3.8, 4) is 0 Å². The van der Waals surface area contributed by atoms with Gasteiger partial charge in [0.25, 0.3) is 0 Å². The van der Waals surface area contributed by atoms with Crippen molar-refractivity contribution in [3.63, 3.8) is 0 Å². The van der Waals surface area contributed by atoms with Crippen LogP contribution in [0.25, 0.3) is 0 Å². The normalized spacial score (nSPS) is 49.3. The van der Waals surface area contributed by atoms with Crippen LogP contribution in [0.1, 0.15) is 13.8 Å². The molecule has 22 rings (SSSR count). The molecule has 12 bridgehead atoms. The van der Waals surface area contributed by atoms with Crippen LogP contribution in [0.3, 0.4) is 0 Å². The van der Waals surface area contributed by atoms with E-state index in [9.17, 15) is 91.3 Å². The number of ether oxygens (including phenoxy) is 14. The number of hydrogen-bond acceptors (Lipinski definition) is 32. The van der Waals surface area contributed by atoms with Gasteiger partial charge in [0.1, 0.15) is 134 Å². The molecule has 32 heteroatoms. The standard InChI is InChI=1S/C44H68O32/c1-11(2)37(61)69-35-27(59)43-67-18(10-50)34(35)76-44-28(60)36(70-38(62)12(3)4)33(17(9-49)68-44)75-42-26(58)22(54)31(15(7-47)66-42)73-40-24(56)20(52)29(13(5-45)64-40)71-39-23(55)19(51)30(14(6-46)63-39)72-41-25(57)21(53)32(74-43)16(8-48)65-41/h13-36,39-60H,1,3,5-10H2,2,4H3/t13-,14-,15-,16-,17-,18-,19-,20-,21-,22-,23-,24-,25-,26-,27-,28-,29-,30-,31-,32-,33+,34+,35-,36-,39-,40-,41-,42-,43-,44-/m1/s1. The Morgan fingerprint density at radius 3 is 0.697 bits per heavy atom. The number of carbonyl (C=O) groups excluding carboxylic acids is 2. The molecule has 0 aromatic rings. The summed E-state index contributed by atoms with van der Waals surface area (Å²) in [5.41, 5.74) is -0.493. The minimum Gasteiger partial charge on any atom is -0.453 e. The van der Waals surface area contributed by atoms with Crippen molar-refractivity contribution in [3.05, 3.63) is 24.3 Å². The monoisotopic (exact) mass is 1110 g/mol. The summed E-state index contributed by atoms with van der Waals surface area (Å²) in [6.45, 7) is 3.12. The molecule has 30 atom stereocenters. The molecule has 22 saturated heterocycles. The molecule has 436 valence electrons. The van der Waals surface area contributed by atoms with Gasteiger partial charge >= 0.3 is 11.9 Å². The van der Waals surface area contributed by atoms with Gasteiger partial charge in [-0.15, -0.1) is 0 Å². The molecule has 0 amide bonds. The fourth-order valence-corrected chi connectivity index (χ4v) is 9.61. The lowest BCUT2D eigenvalue weighted by Gasteiger charge is -2.51. The molecule has 22 aliphatic rings. The Kier molecular flexibility index (Phi) is 20.7. The van der Waals surface area contributed by atoms with Gasteiger partial charge in [0.15, 0.2) is 49.9 Å². The fraction of sp³-hybridized carbons (Fsp3) is 0.864. The van der Waals surface area contributed by atoms with E-state index in [1.165, 1.54) is 13.8 Å². The van der Waals surface area contributed by atoms with Crippen LogP contribution in [0.15, 0.2) is 24.3 Å². The number of aliphatic hydroxyl groups is 16. The van der Waals surface area contributed by atoms with Gasteiger partial charge in [-0.25, -0.2) is 9.59 Å². The van der Waals surface area contributed by atoms with Crippen molar-refractivity contribution in [2.75, 3.05) is 39.6 Å². The molecule has 22 heterocycles. The Hall–Kier alpha value is -2.70. The molecule has 0 unspecified atom stereocenters. The maximum absolute atomic E-state index is 13.1. The van der Waals surface area contributed by atoms with Gasteiger partial charge in [-0.05, 0) is 13.8 Å². The predicted molar refractivity (Wildman–Crippen MR) is 233 cm³/mol. The highest BCUT2D eigenvalue weighted by Crippen LogP contribution is 2.39. The van der Waals surface area contributed by atoms with E-state index in [0.717, 1.165) is 0 Å². The van der Waals surface area contributed by atoms with E-state index in [0.29, 0.717) is 0 Å². The molecule has 0 spiro atoms. The lowest BCUT2D eigenvalue weighted by molar-refractivity contribution is -0.404. The van der Waals surface area contributed by atoms with Gasteiger partial charge in [-0.2, -0.15) is 0 Å². The second-order valence-corrected chi connectivity index (χ2v) is 19.2. The Labute approximate surface area is 431 Å². The average Bonchev–Trinajstić information content (AvgIpc) is 3.40. The van der Waals surface area contributed by atoms with Crippen LogP contribution in [-0.2, 0) is 75.9 Å². The van der Waals surface area contributed by atoms with Gasteiger partial charge < -0.3 is 148 Å². The number of aliphatic hydroxyl groups excluding tert-OH is 16. The van der Waals surface area contributed by atoms with E-state index >= 15 is 0 Å². The lowest BCUT2D eigenvalue weighted by atomic mass is 9.94. The van der Waals surface area contributed by atoms with Gasteiger partial charge in [0.05, 0.1) is 39.6 Å². The van der Waals surface area contributed by atoms with Crippen molar-refractivity contribution in [1.82, 2.24) is 0 Å². The maximum atomic E-state index is 13.1. The molecule has 22 fully saturated rings. The first-order valence-electron chi connectivity index (χ1n) is 24.1. The zero-order chi connectivity index (χ0) is 55.8. The summed E-state index contributed by atoms with van der Waals surface area (Å²) in [5, 5.41) is 178. The molecule has 0 aliphatic carbocycles. The summed E-state index contributed by atoms with van der Waals surface area (Å²) in [7, 11) is 0. The smallest absolute Gasteiger partial charge is 0.333 e. The third kappa shape index (κ3) is 12.3. The first kappa shape index (κ1) is 60.9. The second-order valence-electron chi connectivity index (χ2n) is 19.2. The van der Waals surface area contributed by atoms with Crippen LogP contribution in [0.2, 0.25) is 0 Å². The molecule has 76 heavy (non-hydrogen) atoms. The van der Waals surface area contributed by atoms with E-state index < -0.39 is 236 Å². The molecule has 32 nitrogen and oxygen atoms in total. The molecule has 0 aromatic carbocycles. The van der Waals surface area contributed by atoms with Gasteiger partial charge in [-0.1, -0.05) is 13.2 Å². The molecule has 0 saturated carbocycles. The Morgan fingerprint density at radius 2 is 0.500 bits per heavy atom. The SMILES string of the molecule is C=C(C)C(=O)O[C@@H]1[C@@H](O)[C@H]2O[C@@H]3[C@H](OC(=O)C(=C)C)[C@@H](O)[C@@H](O[C@H]4[C@H](O)[C@@H](O)[C@@H](O[C@H]5[C@H](O)[C@@H](O)[C@@H](O[C@H]6[C@H](O)[C@@H](O)[C@@H](O[C@H]7[C@H](O)[C@@H](O)[C@@H](O[C@H]1[C@@H](CO)O2)O[C@@H]7CO)O[C@@H]6CO)O[C@@H]5CO)O[C@@H]4CO)O[C@@H]3CO. The highest BCUT2D eigenvalue weighted by molar-refractivity contribution is 5.87. The highest BCUT2D eigenvalue weighted by atomic mass is 16.8. The molecular formula is C44H68O32. The summed E-state index contributed by atoms with van der Waals surface area (Å²) in [6, 6.07) is 0. The summed E-state index contributed by atoms with van der Waals surface area (Å²) in [6.07, 6.45) is -60.4. The van der Waals surface area contributed by atoms with Crippen LogP contribution in [-0.4, -0.2) is 318 Å². The zero-order valence-corrected chi connectivity index (χ0v) is 40.7. The minimum atomic E-state index is -2.26. The van der Waals surface area contributed by atoms with Crippen molar-refractivity contribution in [2.24, 2.45) is 0 Å². The van der Waals surface area contributed by atoms with Crippen molar-refractivity contribution < 1.29 is 158 Å². The lowest BCUT2D eigenvalue weighted by Crippen LogP contribution is -2.69. The fourth-order valence-electron chi connectivity index (χ4n) is 9.61.